The lowest BCUT2D eigenvalue weighted by molar-refractivity contribution is 0.0697. The van der Waals surface area contributed by atoms with Gasteiger partial charge in [0.15, 0.2) is 5.69 Å². The SMILES string of the molecule is CCCCc1c(C#N)nnn1-c1ccc(Cl)c(C(=O)O)c1. The molecule has 7 heteroatoms. The average Bonchev–Trinajstić information content (AvgIpc) is 2.88. The second-order valence-electron chi connectivity index (χ2n) is 4.48. The van der Waals surface area contributed by atoms with E-state index in [0.29, 0.717) is 17.8 Å². The van der Waals surface area contributed by atoms with Crippen molar-refractivity contribution in [2.45, 2.75) is 26.2 Å². The number of halogens is 1. The second kappa shape index (κ2) is 6.37. The molecular weight excluding hydrogens is 292 g/mol. The van der Waals surface area contributed by atoms with Crippen LogP contribution >= 0.6 is 11.6 Å². The van der Waals surface area contributed by atoms with E-state index in [0.717, 1.165) is 12.8 Å². The molecule has 0 unspecified atom stereocenters. The molecule has 1 N–H and O–H groups in total. The van der Waals surface area contributed by atoms with Gasteiger partial charge in [-0.2, -0.15) is 5.26 Å². The van der Waals surface area contributed by atoms with Gasteiger partial charge < -0.3 is 5.11 Å². The van der Waals surface area contributed by atoms with Gasteiger partial charge in [-0.25, -0.2) is 9.48 Å². The van der Waals surface area contributed by atoms with Gasteiger partial charge in [-0.1, -0.05) is 30.2 Å². The first-order chi connectivity index (χ1) is 10.1. The smallest absolute Gasteiger partial charge is 0.337 e. The molecule has 1 aromatic carbocycles. The van der Waals surface area contributed by atoms with Crippen LogP contribution in [0, 0.1) is 11.3 Å². The number of unbranched alkanes of at least 4 members (excludes halogenated alkanes) is 1. The van der Waals surface area contributed by atoms with Gasteiger partial charge in [0.2, 0.25) is 0 Å². The number of nitrogens with zero attached hydrogens (tertiary/aromatic N) is 4. The minimum Gasteiger partial charge on any atom is -0.478 e. The Morgan fingerprint density at radius 1 is 1.52 bits per heavy atom. The summed E-state index contributed by atoms with van der Waals surface area (Å²) < 4.78 is 1.50. The molecule has 0 spiro atoms. The molecule has 0 aliphatic carbocycles. The maximum atomic E-state index is 11.1. The van der Waals surface area contributed by atoms with E-state index in [1.54, 1.807) is 6.07 Å². The maximum absolute atomic E-state index is 11.1. The van der Waals surface area contributed by atoms with E-state index in [2.05, 4.69) is 10.3 Å². The first-order valence-electron chi connectivity index (χ1n) is 6.46. The van der Waals surface area contributed by atoms with Gasteiger partial charge in [-0.3, -0.25) is 0 Å². The lowest BCUT2D eigenvalue weighted by Crippen LogP contribution is -2.06. The summed E-state index contributed by atoms with van der Waals surface area (Å²) in [6.07, 6.45) is 2.51. The molecule has 2 rings (SSSR count). The highest BCUT2D eigenvalue weighted by Gasteiger charge is 2.16. The van der Waals surface area contributed by atoms with Crippen LogP contribution in [0.3, 0.4) is 0 Å². The van der Waals surface area contributed by atoms with Crippen molar-refractivity contribution in [2.24, 2.45) is 0 Å². The fourth-order valence-electron chi connectivity index (χ4n) is 1.97. The Labute approximate surface area is 126 Å². The van der Waals surface area contributed by atoms with E-state index in [-0.39, 0.29) is 16.3 Å². The molecule has 0 fully saturated rings. The third-order valence-electron chi connectivity index (χ3n) is 3.06. The Bertz CT molecular complexity index is 718. The number of hydrogen-bond acceptors (Lipinski definition) is 4. The van der Waals surface area contributed by atoms with E-state index >= 15 is 0 Å². The van der Waals surface area contributed by atoms with Crippen molar-refractivity contribution in [3.63, 3.8) is 0 Å². The van der Waals surface area contributed by atoms with Crippen LogP contribution in [-0.2, 0) is 6.42 Å². The number of aromatic nitrogens is 3. The Balaban J connectivity index is 2.52. The quantitative estimate of drug-likeness (QED) is 0.917. The summed E-state index contributed by atoms with van der Waals surface area (Å²) in [6, 6.07) is 6.58. The lowest BCUT2D eigenvalue weighted by Gasteiger charge is -2.08. The van der Waals surface area contributed by atoms with Crippen molar-refractivity contribution in [3.8, 4) is 11.8 Å². The number of aromatic carboxylic acids is 1. The second-order valence-corrected chi connectivity index (χ2v) is 4.89. The molecule has 1 aromatic heterocycles. The van der Waals surface area contributed by atoms with E-state index in [1.807, 2.05) is 13.0 Å². The van der Waals surface area contributed by atoms with Crippen molar-refractivity contribution >= 4 is 17.6 Å². The van der Waals surface area contributed by atoms with Crippen molar-refractivity contribution in [1.29, 1.82) is 5.26 Å². The summed E-state index contributed by atoms with van der Waals surface area (Å²) in [5, 5.41) is 26.1. The predicted octanol–water partition coefficient (Wildman–Crippen LogP) is 2.83. The highest BCUT2D eigenvalue weighted by molar-refractivity contribution is 6.33. The van der Waals surface area contributed by atoms with Crippen LogP contribution in [0.5, 0.6) is 0 Å². The Hall–Kier alpha value is -2.39. The van der Waals surface area contributed by atoms with Gasteiger partial charge in [0.1, 0.15) is 6.07 Å². The summed E-state index contributed by atoms with van der Waals surface area (Å²) in [6.45, 7) is 2.05. The monoisotopic (exact) mass is 304 g/mol. The minimum atomic E-state index is -1.11. The van der Waals surface area contributed by atoms with Crippen molar-refractivity contribution < 1.29 is 9.90 Å². The minimum absolute atomic E-state index is 0.00961. The Kier molecular flexibility index (Phi) is 4.55. The van der Waals surface area contributed by atoms with Crippen LogP contribution in [0.25, 0.3) is 5.69 Å². The normalized spacial score (nSPS) is 10.3. The molecule has 0 saturated carbocycles. The molecule has 1 heterocycles. The van der Waals surface area contributed by atoms with E-state index < -0.39 is 5.97 Å². The largest absolute Gasteiger partial charge is 0.478 e. The molecule has 0 radical (unpaired) electrons. The number of nitriles is 1. The number of benzene rings is 1. The zero-order valence-corrected chi connectivity index (χ0v) is 12.1. The standard InChI is InChI=1S/C14H13ClN4O2/c1-2-3-4-13-12(8-16)17-18-19(13)9-5-6-11(15)10(7-9)14(20)21/h5-7H,2-4H2,1H3,(H,20,21). The Morgan fingerprint density at radius 2 is 2.29 bits per heavy atom. The molecule has 0 amide bonds. The number of hydrogen-bond donors (Lipinski definition) is 1. The van der Waals surface area contributed by atoms with Gasteiger partial charge >= 0.3 is 5.97 Å². The number of rotatable bonds is 5. The summed E-state index contributed by atoms with van der Waals surface area (Å²) in [5.74, 6) is -1.11. The van der Waals surface area contributed by atoms with Gasteiger partial charge in [0, 0.05) is 0 Å². The number of carboxylic acids is 1. The van der Waals surface area contributed by atoms with Crippen LogP contribution in [0.1, 0.15) is 41.5 Å². The summed E-state index contributed by atoms with van der Waals surface area (Å²) in [5.41, 5.74) is 1.45. The first-order valence-corrected chi connectivity index (χ1v) is 6.84. The molecule has 0 aliphatic heterocycles. The topological polar surface area (TPSA) is 91.8 Å². The van der Waals surface area contributed by atoms with Gasteiger partial charge in [0.05, 0.1) is 22.0 Å². The number of carboxylic acid groups (broad SMARTS) is 1. The van der Waals surface area contributed by atoms with E-state index in [1.165, 1.54) is 16.8 Å². The van der Waals surface area contributed by atoms with E-state index in [4.69, 9.17) is 22.0 Å². The van der Waals surface area contributed by atoms with Crippen LogP contribution in [0.2, 0.25) is 5.02 Å². The molecular formula is C14H13ClN4O2. The lowest BCUT2D eigenvalue weighted by atomic mass is 10.1. The highest BCUT2D eigenvalue weighted by atomic mass is 35.5. The third-order valence-corrected chi connectivity index (χ3v) is 3.39. The van der Waals surface area contributed by atoms with Crippen LogP contribution < -0.4 is 0 Å². The molecule has 2 aromatic rings. The average molecular weight is 305 g/mol. The zero-order chi connectivity index (χ0) is 15.4. The van der Waals surface area contributed by atoms with Crippen molar-refractivity contribution in [3.05, 3.63) is 40.2 Å². The van der Waals surface area contributed by atoms with E-state index in [9.17, 15) is 4.79 Å². The summed E-state index contributed by atoms with van der Waals surface area (Å²) >= 11 is 5.86. The molecule has 0 bridgehead atoms. The molecule has 108 valence electrons. The maximum Gasteiger partial charge on any atom is 0.337 e. The molecule has 0 saturated heterocycles. The summed E-state index contributed by atoms with van der Waals surface area (Å²) in [4.78, 5) is 11.1. The fourth-order valence-corrected chi connectivity index (χ4v) is 2.17. The van der Waals surface area contributed by atoms with Gasteiger partial charge in [-0.05, 0) is 31.0 Å². The zero-order valence-electron chi connectivity index (χ0n) is 11.4. The molecule has 0 atom stereocenters. The van der Waals surface area contributed by atoms with Gasteiger partial charge in [0.25, 0.3) is 0 Å². The number of carbonyl (C=O) groups is 1. The Morgan fingerprint density at radius 3 is 2.90 bits per heavy atom. The summed E-state index contributed by atoms with van der Waals surface area (Å²) in [7, 11) is 0. The predicted molar refractivity (Wildman–Crippen MR) is 76.7 cm³/mol. The van der Waals surface area contributed by atoms with Crippen molar-refractivity contribution in [2.75, 3.05) is 0 Å². The van der Waals surface area contributed by atoms with Crippen LogP contribution in [-0.4, -0.2) is 26.1 Å². The van der Waals surface area contributed by atoms with Crippen LogP contribution in [0.4, 0.5) is 0 Å². The highest BCUT2D eigenvalue weighted by Crippen LogP contribution is 2.22. The van der Waals surface area contributed by atoms with Crippen molar-refractivity contribution in [1.82, 2.24) is 15.0 Å². The molecule has 6 nitrogen and oxygen atoms in total. The van der Waals surface area contributed by atoms with Crippen LogP contribution in [0.15, 0.2) is 18.2 Å². The third kappa shape index (κ3) is 3.03. The molecule has 21 heavy (non-hydrogen) atoms. The first kappa shape index (κ1) is 15.0. The fraction of sp³-hybridized carbons (Fsp3) is 0.286. The van der Waals surface area contributed by atoms with Gasteiger partial charge in [-0.15, -0.1) is 5.10 Å². The molecule has 0 aliphatic rings.